The number of unbranched alkanes of at least 4 members (excludes halogenated alkanes) is 2. The van der Waals surface area contributed by atoms with Crippen molar-refractivity contribution in [2.45, 2.75) is 45.4 Å². The van der Waals surface area contributed by atoms with Crippen LogP contribution in [-0.4, -0.2) is 12.2 Å². The Bertz CT molecular complexity index is 321. The lowest BCUT2D eigenvalue weighted by molar-refractivity contribution is 0.372. The number of aromatic hydroxyl groups is 1. The molecule has 0 bridgehead atoms. The number of hydrogen-bond donors (Lipinski definition) is 1. The van der Waals surface area contributed by atoms with E-state index in [2.05, 4.69) is 13.8 Å². The van der Waals surface area contributed by atoms with Crippen molar-refractivity contribution < 1.29 is 9.84 Å². The molecular formula is C14H22O2. The highest BCUT2D eigenvalue weighted by Crippen LogP contribution is 2.31. The predicted molar refractivity (Wildman–Crippen MR) is 67.2 cm³/mol. The van der Waals surface area contributed by atoms with Crippen LogP contribution in [0.25, 0.3) is 0 Å². The lowest BCUT2D eigenvalue weighted by Gasteiger charge is -2.13. The molecule has 0 spiro atoms. The molecule has 16 heavy (non-hydrogen) atoms. The van der Waals surface area contributed by atoms with Gasteiger partial charge in [-0.15, -0.1) is 0 Å². The van der Waals surface area contributed by atoms with Crippen LogP contribution in [0.15, 0.2) is 18.2 Å². The Morgan fingerprint density at radius 2 is 2.06 bits per heavy atom. The second-order valence-electron chi connectivity index (χ2n) is 4.33. The summed E-state index contributed by atoms with van der Waals surface area (Å²) in [6, 6.07) is 5.69. The van der Waals surface area contributed by atoms with Gasteiger partial charge in [0.15, 0.2) is 11.5 Å². The van der Waals surface area contributed by atoms with E-state index in [-0.39, 0.29) is 5.75 Å². The van der Waals surface area contributed by atoms with Crippen molar-refractivity contribution in [3.8, 4) is 11.5 Å². The molecule has 1 unspecified atom stereocenters. The first-order chi connectivity index (χ1) is 7.69. The predicted octanol–water partition coefficient (Wildman–Crippen LogP) is 4.08. The first-order valence-corrected chi connectivity index (χ1v) is 6.06. The summed E-state index contributed by atoms with van der Waals surface area (Å²) in [7, 11) is 1.57. The zero-order valence-electron chi connectivity index (χ0n) is 10.5. The first kappa shape index (κ1) is 12.9. The quantitative estimate of drug-likeness (QED) is 0.735. The summed E-state index contributed by atoms with van der Waals surface area (Å²) >= 11 is 0. The third kappa shape index (κ3) is 3.44. The monoisotopic (exact) mass is 222 g/mol. The number of benzene rings is 1. The molecule has 0 saturated carbocycles. The molecule has 2 heteroatoms. The largest absolute Gasteiger partial charge is 0.504 e. The molecule has 1 atom stereocenters. The van der Waals surface area contributed by atoms with E-state index in [9.17, 15) is 5.11 Å². The highest BCUT2D eigenvalue weighted by atomic mass is 16.5. The molecule has 0 aromatic heterocycles. The fourth-order valence-corrected chi connectivity index (χ4v) is 1.88. The minimum absolute atomic E-state index is 0.238. The second kappa shape index (κ2) is 6.41. The van der Waals surface area contributed by atoms with Crippen molar-refractivity contribution >= 4 is 0 Å². The molecule has 0 saturated heterocycles. The van der Waals surface area contributed by atoms with Gasteiger partial charge in [0, 0.05) is 0 Å². The molecule has 1 rings (SSSR count). The van der Waals surface area contributed by atoms with Crippen LogP contribution in [0, 0.1) is 0 Å². The van der Waals surface area contributed by atoms with E-state index < -0.39 is 0 Å². The lowest BCUT2D eigenvalue weighted by Crippen LogP contribution is -1.94. The van der Waals surface area contributed by atoms with Gasteiger partial charge in [0.2, 0.25) is 0 Å². The average molecular weight is 222 g/mol. The Balaban J connectivity index is 2.62. The molecule has 0 heterocycles. The van der Waals surface area contributed by atoms with E-state index in [0.29, 0.717) is 11.7 Å². The van der Waals surface area contributed by atoms with Gasteiger partial charge in [-0.05, 0) is 30.0 Å². The van der Waals surface area contributed by atoms with Crippen LogP contribution in [-0.2, 0) is 0 Å². The van der Waals surface area contributed by atoms with Crippen LogP contribution in [0.2, 0.25) is 0 Å². The molecule has 0 aliphatic heterocycles. The van der Waals surface area contributed by atoms with Crippen LogP contribution >= 0.6 is 0 Å². The summed E-state index contributed by atoms with van der Waals surface area (Å²) in [5, 5.41) is 9.69. The smallest absolute Gasteiger partial charge is 0.160 e. The molecule has 1 aromatic rings. The van der Waals surface area contributed by atoms with Gasteiger partial charge in [-0.2, -0.15) is 0 Å². The Kier molecular flexibility index (Phi) is 5.17. The molecule has 0 aliphatic carbocycles. The number of hydrogen-bond acceptors (Lipinski definition) is 2. The van der Waals surface area contributed by atoms with Crippen LogP contribution in [0.1, 0.15) is 51.0 Å². The third-order valence-corrected chi connectivity index (χ3v) is 3.01. The number of methoxy groups -OCH3 is 1. The molecule has 2 nitrogen and oxygen atoms in total. The summed E-state index contributed by atoms with van der Waals surface area (Å²) in [6.07, 6.45) is 4.97. The molecule has 0 radical (unpaired) electrons. The second-order valence-corrected chi connectivity index (χ2v) is 4.33. The highest BCUT2D eigenvalue weighted by molar-refractivity contribution is 5.42. The van der Waals surface area contributed by atoms with Gasteiger partial charge in [-0.3, -0.25) is 0 Å². The molecular weight excluding hydrogens is 200 g/mol. The molecule has 1 aromatic carbocycles. The van der Waals surface area contributed by atoms with Crippen LogP contribution < -0.4 is 4.74 Å². The van der Waals surface area contributed by atoms with Gasteiger partial charge in [-0.25, -0.2) is 0 Å². The van der Waals surface area contributed by atoms with E-state index in [0.717, 1.165) is 0 Å². The minimum Gasteiger partial charge on any atom is -0.504 e. The van der Waals surface area contributed by atoms with Gasteiger partial charge >= 0.3 is 0 Å². The number of rotatable bonds is 6. The zero-order valence-corrected chi connectivity index (χ0v) is 10.5. The van der Waals surface area contributed by atoms with Gasteiger partial charge in [0.05, 0.1) is 7.11 Å². The standard InChI is InChI=1S/C14H22O2/c1-4-5-6-7-11(2)12-8-9-14(16-3)13(15)10-12/h8-11,15H,4-7H2,1-3H3. The van der Waals surface area contributed by atoms with E-state index in [1.807, 2.05) is 18.2 Å². The van der Waals surface area contributed by atoms with Crippen molar-refractivity contribution in [3.63, 3.8) is 0 Å². The minimum atomic E-state index is 0.238. The van der Waals surface area contributed by atoms with Gasteiger partial charge in [-0.1, -0.05) is 39.2 Å². The van der Waals surface area contributed by atoms with Gasteiger partial charge in [0.25, 0.3) is 0 Å². The molecule has 1 N–H and O–H groups in total. The summed E-state index contributed by atoms with van der Waals surface area (Å²) in [6.45, 7) is 4.42. The van der Waals surface area contributed by atoms with Crippen LogP contribution in [0.3, 0.4) is 0 Å². The van der Waals surface area contributed by atoms with Crippen molar-refractivity contribution in [2.24, 2.45) is 0 Å². The zero-order chi connectivity index (χ0) is 12.0. The van der Waals surface area contributed by atoms with Crippen LogP contribution in [0.4, 0.5) is 0 Å². The van der Waals surface area contributed by atoms with Crippen molar-refractivity contribution in [2.75, 3.05) is 7.11 Å². The highest BCUT2D eigenvalue weighted by Gasteiger charge is 2.08. The SMILES string of the molecule is CCCCCC(C)c1ccc(OC)c(O)c1. The average Bonchev–Trinajstić information content (AvgIpc) is 2.29. The first-order valence-electron chi connectivity index (χ1n) is 6.06. The number of ether oxygens (including phenoxy) is 1. The molecule has 0 aliphatic rings. The van der Waals surface area contributed by atoms with Crippen LogP contribution in [0.5, 0.6) is 11.5 Å². The van der Waals surface area contributed by atoms with Crippen molar-refractivity contribution in [3.05, 3.63) is 23.8 Å². The topological polar surface area (TPSA) is 29.5 Å². The molecule has 0 fully saturated rings. The molecule has 90 valence electrons. The fraction of sp³-hybridized carbons (Fsp3) is 0.571. The Morgan fingerprint density at radius 3 is 2.62 bits per heavy atom. The summed E-state index contributed by atoms with van der Waals surface area (Å²) in [5.41, 5.74) is 1.19. The maximum absolute atomic E-state index is 9.69. The van der Waals surface area contributed by atoms with E-state index in [1.54, 1.807) is 7.11 Å². The summed E-state index contributed by atoms with van der Waals surface area (Å²) in [4.78, 5) is 0. The Morgan fingerprint density at radius 1 is 1.31 bits per heavy atom. The number of phenolic OH excluding ortho intramolecular Hbond substituents is 1. The maximum atomic E-state index is 9.69. The maximum Gasteiger partial charge on any atom is 0.160 e. The van der Waals surface area contributed by atoms with Crippen molar-refractivity contribution in [1.29, 1.82) is 0 Å². The summed E-state index contributed by atoms with van der Waals surface area (Å²) in [5.74, 6) is 1.29. The van der Waals surface area contributed by atoms with Crippen molar-refractivity contribution in [1.82, 2.24) is 0 Å². The fourth-order valence-electron chi connectivity index (χ4n) is 1.88. The number of phenols is 1. The normalized spacial score (nSPS) is 12.4. The van der Waals surface area contributed by atoms with E-state index in [1.165, 1.54) is 31.2 Å². The lowest BCUT2D eigenvalue weighted by atomic mass is 9.95. The van der Waals surface area contributed by atoms with E-state index >= 15 is 0 Å². The Hall–Kier alpha value is -1.18. The van der Waals surface area contributed by atoms with Gasteiger partial charge < -0.3 is 9.84 Å². The molecule has 0 amide bonds. The van der Waals surface area contributed by atoms with Gasteiger partial charge in [0.1, 0.15) is 0 Å². The summed E-state index contributed by atoms with van der Waals surface area (Å²) < 4.78 is 5.03. The van der Waals surface area contributed by atoms with E-state index in [4.69, 9.17) is 4.74 Å². The Labute approximate surface area is 98.3 Å². The third-order valence-electron chi connectivity index (χ3n) is 3.01.